The fraction of sp³-hybridized carbons (Fsp3) is 0. The quantitative estimate of drug-likeness (QED) is 0.720. The lowest BCUT2D eigenvalue weighted by molar-refractivity contribution is 0.0680. The van der Waals surface area contributed by atoms with Crippen LogP contribution in [0.4, 0.5) is 0 Å². The molecule has 1 heterocycles. The second kappa shape index (κ2) is 4.68. The van der Waals surface area contributed by atoms with E-state index in [1.165, 1.54) is 6.20 Å². The highest BCUT2D eigenvalue weighted by Crippen LogP contribution is 2.39. The maximum Gasteiger partial charge on any atom is 0.527 e. The Balaban J connectivity index is 2.56. The van der Waals surface area contributed by atoms with Crippen molar-refractivity contribution in [1.29, 1.82) is 0 Å². The minimum absolute atomic E-state index is 0.0420. The number of hydrogen-bond donors (Lipinski definition) is 3. The number of carbonyl (C=O) groups excluding carboxylic acids is 1. The van der Waals surface area contributed by atoms with Gasteiger partial charge in [0.1, 0.15) is 0 Å². The van der Waals surface area contributed by atoms with Gasteiger partial charge < -0.3 is 9.51 Å². The molecule has 0 spiro atoms. The van der Waals surface area contributed by atoms with Crippen LogP contribution in [0.25, 0.3) is 10.9 Å². The largest absolute Gasteiger partial charge is 0.527 e. The number of fused-ring (bicyclic) bond motifs is 1. The van der Waals surface area contributed by atoms with Gasteiger partial charge in [0.2, 0.25) is 0 Å². The fourth-order valence-corrected chi connectivity index (χ4v) is 2.39. The van der Waals surface area contributed by atoms with Gasteiger partial charge in [-0.2, -0.15) is 0 Å². The molecule has 0 unspecified atom stereocenters. The number of benzene rings is 1. The second-order valence-electron chi connectivity index (χ2n) is 3.36. The molecule has 0 fully saturated rings. The molecule has 2 rings (SSSR count). The molecule has 9 heteroatoms. The lowest BCUT2D eigenvalue weighted by Crippen LogP contribution is -2.02. The topological polar surface area (TPSA) is 99.6 Å². The molecule has 18 heavy (non-hydrogen) atoms. The number of halogens is 2. The zero-order chi connectivity index (χ0) is 13.5. The van der Waals surface area contributed by atoms with Gasteiger partial charge in [-0.1, -0.05) is 11.6 Å². The molecular weight excluding hydrogens is 348 g/mol. The van der Waals surface area contributed by atoms with Crippen LogP contribution in [-0.4, -0.2) is 20.7 Å². The maximum atomic E-state index is 11.6. The van der Waals surface area contributed by atoms with Crippen LogP contribution in [0.15, 0.2) is 22.8 Å². The van der Waals surface area contributed by atoms with E-state index in [4.69, 9.17) is 21.4 Å². The minimum atomic E-state index is -4.89. The van der Waals surface area contributed by atoms with Crippen LogP contribution in [0.2, 0.25) is 5.02 Å². The molecule has 1 aromatic heterocycles. The Hall–Kier alpha value is -0.850. The third kappa shape index (κ3) is 2.60. The lowest BCUT2D eigenvalue weighted by Gasteiger charge is -2.05. The molecule has 0 aliphatic rings. The number of hydrogen-bond acceptors (Lipinski definition) is 3. The summed E-state index contributed by atoms with van der Waals surface area (Å²) in [6.45, 7) is 0. The van der Waals surface area contributed by atoms with E-state index in [-0.39, 0.29) is 10.6 Å². The third-order valence-electron chi connectivity index (χ3n) is 2.16. The molecule has 0 radical (unpaired) electrons. The van der Waals surface area contributed by atoms with E-state index in [0.29, 0.717) is 15.4 Å². The van der Waals surface area contributed by atoms with E-state index in [1.807, 2.05) is 0 Å². The van der Waals surface area contributed by atoms with Crippen LogP contribution >= 0.6 is 35.4 Å². The third-order valence-corrected chi connectivity index (χ3v) is 3.84. The average molecular weight is 354 g/mol. The van der Waals surface area contributed by atoms with Gasteiger partial charge in [-0.05, 0) is 28.1 Å². The van der Waals surface area contributed by atoms with Crippen molar-refractivity contribution in [3.8, 4) is 0 Å². The molecule has 0 atom stereocenters. The number of nitrogens with one attached hydrogen (secondary N) is 1. The maximum absolute atomic E-state index is 11.6. The summed E-state index contributed by atoms with van der Waals surface area (Å²) in [7, 11) is -4.89. The molecule has 0 saturated heterocycles. The average Bonchev–Trinajstić information content (AvgIpc) is 2.65. The van der Waals surface area contributed by atoms with Crippen molar-refractivity contribution in [2.45, 2.75) is 0 Å². The Bertz CT molecular complexity index is 679. The van der Waals surface area contributed by atoms with Gasteiger partial charge in [0.05, 0.1) is 10.6 Å². The Morgan fingerprint density at radius 3 is 2.72 bits per heavy atom. The van der Waals surface area contributed by atoms with Gasteiger partial charge in [0, 0.05) is 21.6 Å². The van der Waals surface area contributed by atoms with Crippen molar-refractivity contribution < 1.29 is 23.7 Å². The molecular formula is C9H6BrClNO5P. The van der Waals surface area contributed by atoms with E-state index < -0.39 is 13.8 Å². The summed E-state index contributed by atoms with van der Waals surface area (Å²) in [5.41, 5.74) is 0.514. The Morgan fingerprint density at radius 1 is 1.44 bits per heavy atom. The molecule has 6 nitrogen and oxygen atoms in total. The van der Waals surface area contributed by atoms with Crippen molar-refractivity contribution >= 4 is 52.2 Å². The second-order valence-corrected chi connectivity index (χ2v) is 5.75. The number of rotatable bonds is 2. The van der Waals surface area contributed by atoms with E-state index in [2.05, 4.69) is 25.4 Å². The predicted molar refractivity (Wildman–Crippen MR) is 68.5 cm³/mol. The van der Waals surface area contributed by atoms with Gasteiger partial charge in [-0.25, -0.2) is 9.36 Å². The highest BCUT2D eigenvalue weighted by molar-refractivity contribution is 9.10. The summed E-state index contributed by atoms with van der Waals surface area (Å²) < 4.78 is 15.2. The summed E-state index contributed by atoms with van der Waals surface area (Å²) >= 11 is 9.21. The van der Waals surface area contributed by atoms with Gasteiger partial charge in [0.15, 0.2) is 0 Å². The number of carbonyl (C=O) groups is 1. The van der Waals surface area contributed by atoms with Crippen molar-refractivity contribution in [2.75, 3.05) is 0 Å². The molecule has 0 aliphatic heterocycles. The number of aromatic nitrogens is 1. The summed E-state index contributed by atoms with van der Waals surface area (Å²) in [6, 6.07) is 3.35. The van der Waals surface area contributed by atoms with Crippen LogP contribution in [0.3, 0.4) is 0 Å². The van der Waals surface area contributed by atoms with Crippen molar-refractivity contribution in [1.82, 2.24) is 4.98 Å². The zero-order valence-electron chi connectivity index (χ0n) is 8.55. The van der Waals surface area contributed by atoms with E-state index in [0.717, 1.165) is 0 Å². The highest BCUT2D eigenvalue weighted by Gasteiger charge is 2.25. The van der Waals surface area contributed by atoms with E-state index in [1.54, 1.807) is 12.1 Å². The summed E-state index contributed by atoms with van der Waals surface area (Å²) in [4.78, 5) is 31.6. The van der Waals surface area contributed by atoms with Crippen LogP contribution in [0.1, 0.15) is 10.4 Å². The van der Waals surface area contributed by atoms with Crippen molar-refractivity contribution in [3.05, 3.63) is 33.4 Å². The monoisotopic (exact) mass is 353 g/mol. The van der Waals surface area contributed by atoms with Crippen LogP contribution in [0.5, 0.6) is 0 Å². The zero-order valence-corrected chi connectivity index (χ0v) is 11.8. The Morgan fingerprint density at radius 2 is 2.11 bits per heavy atom. The first-order chi connectivity index (χ1) is 8.29. The van der Waals surface area contributed by atoms with Crippen molar-refractivity contribution in [2.24, 2.45) is 0 Å². The molecule has 0 bridgehead atoms. The first-order valence-electron chi connectivity index (χ1n) is 4.54. The number of aromatic amines is 1. The SMILES string of the molecule is O=C(OP(=O)(O)O)c1c[nH]c2ccc(Br)c(Cl)c12. The molecule has 2 aromatic rings. The van der Waals surface area contributed by atoms with Gasteiger partial charge in [-0.3, -0.25) is 9.79 Å². The molecule has 3 N–H and O–H groups in total. The van der Waals surface area contributed by atoms with E-state index >= 15 is 0 Å². The minimum Gasteiger partial charge on any atom is -0.367 e. The molecule has 0 aliphatic carbocycles. The Kier molecular flexibility index (Phi) is 3.53. The van der Waals surface area contributed by atoms with Crippen LogP contribution in [-0.2, 0) is 9.09 Å². The number of H-pyrrole nitrogens is 1. The predicted octanol–water partition coefficient (Wildman–Crippen LogP) is 2.83. The normalized spacial score (nSPS) is 11.8. The lowest BCUT2D eigenvalue weighted by atomic mass is 10.2. The number of phosphoric ester groups is 1. The molecule has 96 valence electrons. The molecule has 1 aromatic carbocycles. The summed E-state index contributed by atoms with van der Waals surface area (Å²) in [6.07, 6.45) is 1.28. The first kappa shape index (κ1) is 13.6. The summed E-state index contributed by atoms with van der Waals surface area (Å²) in [5, 5.41) is 0.593. The molecule has 0 saturated carbocycles. The van der Waals surface area contributed by atoms with Gasteiger partial charge >= 0.3 is 13.8 Å². The molecule has 0 amide bonds. The summed E-state index contributed by atoms with van der Waals surface area (Å²) in [5.74, 6) is -1.14. The van der Waals surface area contributed by atoms with Crippen LogP contribution in [0, 0.1) is 0 Å². The highest BCUT2D eigenvalue weighted by atomic mass is 79.9. The Labute approximate surface area is 114 Å². The smallest absolute Gasteiger partial charge is 0.367 e. The fourth-order valence-electron chi connectivity index (χ4n) is 1.47. The number of phosphoric acid groups is 1. The van der Waals surface area contributed by atoms with Crippen LogP contribution < -0.4 is 0 Å². The standard InChI is InChI=1S/C9H6BrClNO5P/c10-5-1-2-6-7(8(5)11)4(3-12-6)9(13)17-18(14,15)16/h1-3,12H,(H2,14,15,16). The first-order valence-corrected chi connectivity index (χ1v) is 7.24. The van der Waals surface area contributed by atoms with Gasteiger partial charge in [-0.15, -0.1) is 0 Å². The van der Waals surface area contributed by atoms with E-state index in [9.17, 15) is 9.36 Å². The van der Waals surface area contributed by atoms with Crippen molar-refractivity contribution in [3.63, 3.8) is 0 Å². The van der Waals surface area contributed by atoms with Gasteiger partial charge in [0.25, 0.3) is 0 Å².